The summed E-state index contributed by atoms with van der Waals surface area (Å²) in [7, 11) is 0. The fourth-order valence-corrected chi connectivity index (χ4v) is 2.87. The van der Waals surface area contributed by atoms with E-state index in [2.05, 4.69) is 22.0 Å². The summed E-state index contributed by atoms with van der Waals surface area (Å²) in [5, 5.41) is 4.67. The lowest BCUT2D eigenvalue weighted by atomic mass is 9.95. The van der Waals surface area contributed by atoms with Gasteiger partial charge in [-0.15, -0.1) is 0 Å². The van der Waals surface area contributed by atoms with E-state index in [9.17, 15) is 0 Å². The Morgan fingerprint density at radius 2 is 2.24 bits per heavy atom. The van der Waals surface area contributed by atoms with Gasteiger partial charge in [-0.2, -0.15) is 4.98 Å². The highest BCUT2D eigenvalue weighted by Gasteiger charge is 2.24. The minimum absolute atomic E-state index is 0.296. The molecule has 21 heavy (non-hydrogen) atoms. The van der Waals surface area contributed by atoms with Crippen LogP contribution in [0, 0.1) is 5.92 Å². The van der Waals surface area contributed by atoms with Gasteiger partial charge in [0, 0.05) is 19.1 Å². The molecule has 112 valence electrons. The summed E-state index contributed by atoms with van der Waals surface area (Å²) in [4.78, 5) is 6.76. The second-order valence-electron chi connectivity index (χ2n) is 5.66. The molecular formula is C15H19ClN4O. The molecule has 2 atom stereocenters. The summed E-state index contributed by atoms with van der Waals surface area (Å²) in [5.41, 5.74) is 6.81. The zero-order valence-corrected chi connectivity index (χ0v) is 12.8. The number of halogens is 1. The van der Waals surface area contributed by atoms with Crippen molar-refractivity contribution in [1.29, 1.82) is 0 Å². The molecule has 2 heterocycles. The lowest BCUT2D eigenvalue weighted by Gasteiger charge is -2.34. The molecule has 5 nitrogen and oxygen atoms in total. The lowest BCUT2D eigenvalue weighted by molar-refractivity contribution is 0.153. The first-order valence-corrected chi connectivity index (χ1v) is 7.56. The Morgan fingerprint density at radius 1 is 1.43 bits per heavy atom. The van der Waals surface area contributed by atoms with E-state index < -0.39 is 0 Å². The van der Waals surface area contributed by atoms with Crippen molar-refractivity contribution >= 4 is 11.6 Å². The normalized spacial score (nSPS) is 23.4. The molecule has 6 heteroatoms. The van der Waals surface area contributed by atoms with E-state index in [1.54, 1.807) is 0 Å². The van der Waals surface area contributed by atoms with Crippen molar-refractivity contribution in [3.8, 4) is 11.5 Å². The summed E-state index contributed by atoms with van der Waals surface area (Å²) < 4.78 is 5.32. The molecule has 0 saturated carbocycles. The molecule has 1 fully saturated rings. The van der Waals surface area contributed by atoms with Gasteiger partial charge in [0.05, 0.1) is 17.1 Å². The van der Waals surface area contributed by atoms with Crippen molar-refractivity contribution in [2.24, 2.45) is 11.7 Å². The van der Waals surface area contributed by atoms with Crippen molar-refractivity contribution in [2.75, 3.05) is 13.1 Å². The second kappa shape index (κ2) is 6.13. The summed E-state index contributed by atoms with van der Waals surface area (Å²) in [5.74, 6) is 1.65. The first-order valence-electron chi connectivity index (χ1n) is 7.19. The van der Waals surface area contributed by atoms with Gasteiger partial charge in [-0.3, -0.25) is 4.90 Å². The Kier molecular flexibility index (Phi) is 4.24. The Hall–Kier alpha value is -1.43. The number of rotatable bonds is 3. The highest BCUT2D eigenvalue weighted by molar-refractivity contribution is 6.33. The number of nitrogens with two attached hydrogens (primary N) is 1. The number of aromatic nitrogens is 2. The van der Waals surface area contributed by atoms with Crippen LogP contribution in [-0.4, -0.2) is 34.2 Å². The minimum atomic E-state index is 0.296. The van der Waals surface area contributed by atoms with E-state index in [1.165, 1.54) is 0 Å². The minimum Gasteiger partial charge on any atom is -0.334 e. The number of hydrogen-bond acceptors (Lipinski definition) is 5. The van der Waals surface area contributed by atoms with Crippen LogP contribution in [0.2, 0.25) is 5.02 Å². The molecule has 1 saturated heterocycles. The zero-order chi connectivity index (χ0) is 14.8. The molecule has 2 unspecified atom stereocenters. The number of nitrogens with zero attached hydrogens (tertiary/aromatic N) is 3. The Balaban J connectivity index is 1.70. The molecule has 1 aromatic heterocycles. The van der Waals surface area contributed by atoms with Gasteiger partial charge in [0.25, 0.3) is 5.89 Å². The van der Waals surface area contributed by atoms with Crippen molar-refractivity contribution in [2.45, 2.75) is 25.9 Å². The molecule has 2 N–H and O–H groups in total. The van der Waals surface area contributed by atoms with Crippen LogP contribution in [0.4, 0.5) is 0 Å². The van der Waals surface area contributed by atoms with Crippen LogP contribution in [0.1, 0.15) is 19.2 Å². The summed E-state index contributed by atoms with van der Waals surface area (Å²) in [6.45, 7) is 4.81. The summed E-state index contributed by atoms with van der Waals surface area (Å²) in [6.07, 6.45) is 1.01. The average Bonchev–Trinajstić information content (AvgIpc) is 2.92. The van der Waals surface area contributed by atoms with Crippen molar-refractivity contribution in [3.63, 3.8) is 0 Å². The van der Waals surface area contributed by atoms with Crippen molar-refractivity contribution in [3.05, 3.63) is 35.1 Å². The molecular weight excluding hydrogens is 288 g/mol. The maximum absolute atomic E-state index is 6.14. The lowest BCUT2D eigenvalue weighted by Crippen LogP contribution is -2.45. The summed E-state index contributed by atoms with van der Waals surface area (Å²) >= 11 is 6.14. The molecule has 0 amide bonds. The predicted molar refractivity (Wildman–Crippen MR) is 81.8 cm³/mol. The fourth-order valence-electron chi connectivity index (χ4n) is 2.66. The number of benzene rings is 1. The van der Waals surface area contributed by atoms with E-state index in [-0.39, 0.29) is 0 Å². The largest absolute Gasteiger partial charge is 0.334 e. The topological polar surface area (TPSA) is 68.2 Å². The number of likely N-dealkylation sites (tertiary alicyclic amines) is 1. The molecule has 1 aliphatic heterocycles. The molecule has 2 aromatic rings. The molecule has 0 bridgehead atoms. The molecule has 1 aliphatic rings. The van der Waals surface area contributed by atoms with Crippen LogP contribution in [0.25, 0.3) is 11.5 Å². The van der Waals surface area contributed by atoms with Gasteiger partial charge >= 0.3 is 0 Å². The third kappa shape index (κ3) is 3.26. The zero-order valence-electron chi connectivity index (χ0n) is 12.0. The SMILES string of the molecule is CC1CN(Cc2noc(-c3ccccc3Cl)n2)CCC1N. The van der Waals surface area contributed by atoms with Crippen LogP contribution in [0.3, 0.4) is 0 Å². The summed E-state index contributed by atoms with van der Waals surface area (Å²) in [6, 6.07) is 7.77. The maximum atomic E-state index is 6.14. The van der Waals surface area contributed by atoms with Crippen molar-refractivity contribution in [1.82, 2.24) is 15.0 Å². The van der Waals surface area contributed by atoms with Crippen LogP contribution in [-0.2, 0) is 6.54 Å². The van der Waals surface area contributed by atoms with Gasteiger partial charge in [-0.05, 0) is 24.5 Å². The fraction of sp³-hybridized carbons (Fsp3) is 0.467. The van der Waals surface area contributed by atoms with Crippen LogP contribution >= 0.6 is 11.6 Å². The Morgan fingerprint density at radius 3 is 3.00 bits per heavy atom. The molecule has 1 aromatic carbocycles. The first-order chi connectivity index (χ1) is 10.1. The van der Waals surface area contributed by atoms with E-state index in [0.717, 1.165) is 25.1 Å². The van der Waals surface area contributed by atoms with Gasteiger partial charge in [-0.25, -0.2) is 0 Å². The first kappa shape index (κ1) is 14.5. The van der Waals surface area contributed by atoms with E-state index in [4.69, 9.17) is 21.9 Å². The van der Waals surface area contributed by atoms with Crippen LogP contribution < -0.4 is 5.73 Å². The third-order valence-electron chi connectivity index (χ3n) is 3.99. The Bertz CT molecular complexity index is 615. The van der Waals surface area contributed by atoms with Gasteiger partial charge in [0.2, 0.25) is 0 Å². The highest BCUT2D eigenvalue weighted by Crippen LogP contribution is 2.26. The van der Waals surface area contributed by atoms with Gasteiger partial charge < -0.3 is 10.3 Å². The Labute approximate surface area is 129 Å². The van der Waals surface area contributed by atoms with Gasteiger partial charge in [-0.1, -0.05) is 35.8 Å². The van der Waals surface area contributed by atoms with Gasteiger partial charge in [0.15, 0.2) is 5.82 Å². The smallest absolute Gasteiger partial charge is 0.259 e. The van der Waals surface area contributed by atoms with E-state index in [1.807, 2.05) is 24.3 Å². The van der Waals surface area contributed by atoms with E-state index in [0.29, 0.717) is 35.2 Å². The third-order valence-corrected chi connectivity index (χ3v) is 4.32. The average molecular weight is 307 g/mol. The molecule has 0 radical (unpaired) electrons. The van der Waals surface area contributed by atoms with Crippen LogP contribution in [0.5, 0.6) is 0 Å². The standard InChI is InChI=1S/C15H19ClN4O/c1-10-8-20(7-6-13(10)17)9-14-18-15(21-19-14)11-4-2-3-5-12(11)16/h2-5,10,13H,6-9,17H2,1H3. The predicted octanol–water partition coefficient (Wildman–Crippen LogP) is 2.56. The van der Waals surface area contributed by atoms with Crippen LogP contribution in [0.15, 0.2) is 28.8 Å². The molecule has 3 rings (SSSR count). The van der Waals surface area contributed by atoms with Gasteiger partial charge in [0.1, 0.15) is 0 Å². The maximum Gasteiger partial charge on any atom is 0.259 e. The highest BCUT2D eigenvalue weighted by atomic mass is 35.5. The quantitative estimate of drug-likeness (QED) is 0.944. The monoisotopic (exact) mass is 306 g/mol. The number of piperidine rings is 1. The second-order valence-corrected chi connectivity index (χ2v) is 6.07. The molecule has 0 aliphatic carbocycles. The molecule has 0 spiro atoms. The number of hydrogen-bond donors (Lipinski definition) is 1. The van der Waals surface area contributed by atoms with E-state index >= 15 is 0 Å². The van der Waals surface area contributed by atoms with Crippen molar-refractivity contribution < 1.29 is 4.52 Å².